The van der Waals surface area contributed by atoms with Gasteiger partial charge in [-0.05, 0) is 82.2 Å². The zero-order chi connectivity index (χ0) is 24.0. The lowest BCUT2D eigenvalue weighted by Gasteiger charge is -2.32. The predicted octanol–water partition coefficient (Wildman–Crippen LogP) is 4.37. The third kappa shape index (κ3) is 5.98. The first-order chi connectivity index (χ1) is 13.8. The van der Waals surface area contributed by atoms with E-state index in [4.69, 9.17) is 18.8 Å². The maximum absolute atomic E-state index is 13.0. The van der Waals surface area contributed by atoms with Gasteiger partial charge in [0.15, 0.2) is 0 Å². The molecule has 0 N–H and O–H groups in total. The zero-order valence-corrected chi connectivity index (χ0v) is 20.6. The van der Waals surface area contributed by atoms with Crippen LogP contribution in [0, 0.1) is 6.92 Å². The van der Waals surface area contributed by atoms with E-state index in [1.807, 2.05) is 27.7 Å². The van der Waals surface area contributed by atoms with E-state index in [1.54, 1.807) is 60.7 Å². The van der Waals surface area contributed by atoms with E-state index < -0.39 is 41.7 Å². The Balaban J connectivity index is 2.49. The summed E-state index contributed by atoms with van der Waals surface area (Å²) in [5, 5.41) is 0. The fourth-order valence-corrected chi connectivity index (χ4v) is 2.76. The summed E-state index contributed by atoms with van der Waals surface area (Å²) in [6, 6.07) is 1.65. The Kier molecular flexibility index (Phi) is 6.56. The molecule has 172 valence electrons. The molecule has 0 unspecified atom stereocenters. The highest BCUT2D eigenvalue weighted by atomic mass is 16.7. The largest absolute Gasteiger partial charge is 0.496 e. The van der Waals surface area contributed by atoms with Gasteiger partial charge in [-0.25, -0.2) is 9.59 Å². The van der Waals surface area contributed by atoms with Gasteiger partial charge in [-0.3, -0.25) is 4.98 Å². The first-order valence-corrected chi connectivity index (χ1v) is 10.4. The molecule has 1 aromatic rings. The molecule has 0 atom stereocenters. The van der Waals surface area contributed by atoms with Crippen molar-refractivity contribution in [2.24, 2.45) is 0 Å². The fraction of sp³-hybridized carbons (Fsp3) is 0.682. The highest BCUT2D eigenvalue weighted by Crippen LogP contribution is 2.36. The van der Waals surface area contributed by atoms with Gasteiger partial charge >= 0.3 is 19.3 Å². The maximum atomic E-state index is 13.0. The molecular weight excluding hydrogens is 399 g/mol. The molecule has 1 aromatic heterocycles. The van der Waals surface area contributed by atoms with Crippen LogP contribution in [0.4, 0.5) is 15.3 Å². The number of imide groups is 1. The second kappa shape index (κ2) is 8.09. The molecule has 2 amide bonds. The molecule has 31 heavy (non-hydrogen) atoms. The smallest absolute Gasteiger partial charge is 0.443 e. The topological polar surface area (TPSA) is 87.2 Å². The lowest BCUT2D eigenvalue weighted by Crippen LogP contribution is -2.45. The fourth-order valence-electron chi connectivity index (χ4n) is 2.76. The third-order valence-electron chi connectivity index (χ3n) is 5.00. The number of rotatable bonds is 2. The number of pyridine rings is 1. The van der Waals surface area contributed by atoms with Crippen molar-refractivity contribution >= 4 is 30.5 Å². The number of nitrogens with zero attached hydrogens (tertiary/aromatic N) is 2. The first kappa shape index (κ1) is 25.1. The van der Waals surface area contributed by atoms with Crippen LogP contribution < -0.4 is 10.4 Å². The Hall–Kier alpha value is -2.13. The summed E-state index contributed by atoms with van der Waals surface area (Å²) in [7, 11) is -0.698. The molecule has 1 saturated heterocycles. The maximum Gasteiger partial charge on any atom is 0.496 e. The van der Waals surface area contributed by atoms with E-state index in [0.717, 1.165) is 4.90 Å². The number of carbonyl (C=O) groups is 2. The van der Waals surface area contributed by atoms with Crippen molar-refractivity contribution < 1.29 is 28.4 Å². The lowest BCUT2D eigenvalue weighted by molar-refractivity contribution is 0.00578. The predicted molar refractivity (Wildman–Crippen MR) is 120 cm³/mol. The van der Waals surface area contributed by atoms with E-state index in [1.165, 1.54) is 0 Å². The summed E-state index contributed by atoms with van der Waals surface area (Å²) in [4.78, 5) is 31.2. The van der Waals surface area contributed by atoms with Crippen molar-refractivity contribution in [2.45, 2.75) is 98.6 Å². The minimum atomic E-state index is -0.849. The molecule has 0 aliphatic carbocycles. The van der Waals surface area contributed by atoms with Gasteiger partial charge in [0.25, 0.3) is 0 Å². The second-order valence-electron chi connectivity index (χ2n) is 10.8. The lowest BCUT2D eigenvalue weighted by atomic mass is 9.80. The van der Waals surface area contributed by atoms with Crippen molar-refractivity contribution in [3.05, 3.63) is 18.0 Å². The van der Waals surface area contributed by atoms with E-state index in [-0.39, 0.29) is 5.69 Å². The number of amides is 2. The molecular formula is C22H35BN2O6. The number of ether oxygens (including phenoxy) is 2. The second-order valence-corrected chi connectivity index (χ2v) is 10.8. The molecule has 1 fully saturated rings. The molecule has 2 heterocycles. The Bertz CT molecular complexity index is 811. The van der Waals surface area contributed by atoms with Crippen LogP contribution in [-0.2, 0) is 18.8 Å². The molecule has 0 saturated carbocycles. The Morgan fingerprint density at radius 3 is 1.74 bits per heavy atom. The van der Waals surface area contributed by atoms with Crippen molar-refractivity contribution in [1.82, 2.24) is 4.98 Å². The summed E-state index contributed by atoms with van der Waals surface area (Å²) in [6.45, 7) is 19.8. The normalized spacial score (nSPS) is 18.0. The summed E-state index contributed by atoms with van der Waals surface area (Å²) >= 11 is 0. The number of aromatic nitrogens is 1. The Labute approximate surface area is 185 Å². The Morgan fingerprint density at radius 1 is 0.935 bits per heavy atom. The summed E-state index contributed by atoms with van der Waals surface area (Å²) in [5.41, 5.74) is -1.41. The van der Waals surface area contributed by atoms with Crippen LogP contribution in [0.5, 0.6) is 0 Å². The van der Waals surface area contributed by atoms with Crippen LogP contribution in [-0.4, -0.2) is 46.7 Å². The van der Waals surface area contributed by atoms with Crippen LogP contribution in [0.3, 0.4) is 0 Å². The van der Waals surface area contributed by atoms with E-state index >= 15 is 0 Å². The number of carbonyl (C=O) groups excluding carboxylic acids is 2. The number of anilines is 1. The van der Waals surface area contributed by atoms with Crippen molar-refractivity contribution in [1.29, 1.82) is 0 Å². The van der Waals surface area contributed by atoms with Crippen LogP contribution in [0.1, 0.15) is 74.9 Å². The van der Waals surface area contributed by atoms with Gasteiger partial charge in [0, 0.05) is 11.7 Å². The number of aryl methyl sites for hydroxylation is 1. The SMILES string of the molecule is Cc1ncc(B2OC(C)(C)C(C)(C)O2)cc1N(C(=O)OC(C)(C)C)C(=O)OC(C)(C)C. The van der Waals surface area contributed by atoms with E-state index in [0.29, 0.717) is 11.2 Å². The standard InChI is InChI=1S/C22H35BN2O6/c1-14-16(12-15(13-24-14)23-30-21(8,9)22(10,11)31-23)25(17(26)28-19(2,3)4)18(27)29-20(5,6)7/h12-13H,1-11H3. The van der Waals surface area contributed by atoms with Crippen LogP contribution >= 0.6 is 0 Å². The highest BCUT2D eigenvalue weighted by molar-refractivity contribution is 6.62. The Morgan fingerprint density at radius 2 is 1.35 bits per heavy atom. The van der Waals surface area contributed by atoms with E-state index in [2.05, 4.69) is 4.98 Å². The van der Waals surface area contributed by atoms with Crippen LogP contribution in [0.25, 0.3) is 0 Å². The van der Waals surface area contributed by atoms with Crippen molar-refractivity contribution in [2.75, 3.05) is 4.90 Å². The molecule has 0 spiro atoms. The van der Waals surface area contributed by atoms with E-state index in [9.17, 15) is 9.59 Å². The average Bonchev–Trinajstić information content (AvgIpc) is 2.73. The van der Waals surface area contributed by atoms with Crippen molar-refractivity contribution in [3.63, 3.8) is 0 Å². The van der Waals surface area contributed by atoms with Gasteiger partial charge in [0.1, 0.15) is 11.2 Å². The van der Waals surface area contributed by atoms with Crippen LogP contribution in [0.2, 0.25) is 0 Å². The zero-order valence-electron chi connectivity index (χ0n) is 20.6. The minimum absolute atomic E-state index is 0.246. The number of hydrogen-bond donors (Lipinski definition) is 0. The molecule has 0 aromatic carbocycles. The van der Waals surface area contributed by atoms with Gasteiger partial charge in [-0.15, -0.1) is 0 Å². The first-order valence-electron chi connectivity index (χ1n) is 10.4. The molecule has 1 aliphatic heterocycles. The molecule has 2 rings (SSSR count). The molecule has 0 bridgehead atoms. The monoisotopic (exact) mass is 434 g/mol. The highest BCUT2D eigenvalue weighted by Gasteiger charge is 2.52. The number of hydrogen-bond acceptors (Lipinski definition) is 7. The van der Waals surface area contributed by atoms with Crippen molar-refractivity contribution in [3.8, 4) is 0 Å². The van der Waals surface area contributed by atoms with Gasteiger partial charge in [0.2, 0.25) is 0 Å². The minimum Gasteiger partial charge on any atom is -0.443 e. The van der Waals surface area contributed by atoms with Gasteiger partial charge < -0.3 is 18.8 Å². The van der Waals surface area contributed by atoms with Gasteiger partial charge in [-0.2, -0.15) is 4.90 Å². The third-order valence-corrected chi connectivity index (χ3v) is 5.00. The molecule has 1 aliphatic rings. The summed E-state index contributed by atoms with van der Waals surface area (Å²) < 4.78 is 23.1. The van der Waals surface area contributed by atoms with Crippen LogP contribution in [0.15, 0.2) is 12.3 Å². The summed E-state index contributed by atoms with van der Waals surface area (Å²) in [5.74, 6) is 0. The van der Waals surface area contributed by atoms with Gasteiger partial charge in [0.05, 0.1) is 22.6 Å². The van der Waals surface area contributed by atoms with Gasteiger partial charge in [-0.1, -0.05) is 0 Å². The summed E-state index contributed by atoms with van der Waals surface area (Å²) in [6.07, 6.45) is -0.0842. The quantitative estimate of drug-likeness (QED) is 0.639. The average molecular weight is 434 g/mol. The molecule has 9 heteroatoms. The molecule has 8 nitrogen and oxygen atoms in total. The molecule has 0 radical (unpaired) electrons.